The first kappa shape index (κ1) is 17.9. The lowest BCUT2D eigenvalue weighted by molar-refractivity contribution is 0.0697. The zero-order valence-corrected chi connectivity index (χ0v) is 15.1. The number of halogens is 1. The van der Waals surface area contributed by atoms with Gasteiger partial charge in [-0.15, -0.1) is 0 Å². The number of aryl methyl sites for hydroxylation is 1. The van der Waals surface area contributed by atoms with Crippen molar-refractivity contribution in [3.63, 3.8) is 0 Å². The van der Waals surface area contributed by atoms with Crippen LogP contribution in [0, 0.1) is 12.7 Å². The Bertz CT molecular complexity index is 1080. The number of oxime groups is 1. The second-order valence-electron chi connectivity index (χ2n) is 6.68. The van der Waals surface area contributed by atoms with Gasteiger partial charge in [0.2, 0.25) is 0 Å². The van der Waals surface area contributed by atoms with Gasteiger partial charge in [0.15, 0.2) is 6.10 Å². The highest BCUT2D eigenvalue weighted by Crippen LogP contribution is 2.31. The molecule has 4 rings (SSSR count). The van der Waals surface area contributed by atoms with Crippen LogP contribution in [-0.2, 0) is 4.84 Å². The summed E-state index contributed by atoms with van der Waals surface area (Å²) in [5.74, 6) is -1.49. The van der Waals surface area contributed by atoms with Crippen LogP contribution in [-0.4, -0.2) is 21.8 Å². The van der Waals surface area contributed by atoms with Gasteiger partial charge in [-0.1, -0.05) is 23.4 Å². The Labute approximate surface area is 161 Å². The summed E-state index contributed by atoms with van der Waals surface area (Å²) >= 11 is 0. The standard InChI is InChI=1S/C22H17FN2O3/c1-13-5-6-17(18(23)8-13)14-9-15(11-16(10-14)22(26)27)20-12-21(28-25-20)19-4-2-3-7-24-19/h2-11,21H,12H2,1H3,(H,26,27)/t21-/m0/s1. The Hall–Kier alpha value is -3.54. The van der Waals surface area contributed by atoms with Gasteiger partial charge in [0.25, 0.3) is 0 Å². The molecule has 1 aliphatic heterocycles. The topological polar surface area (TPSA) is 71.8 Å². The first-order valence-electron chi connectivity index (χ1n) is 8.80. The number of rotatable bonds is 4. The van der Waals surface area contributed by atoms with E-state index in [0.717, 1.165) is 11.3 Å². The summed E-state index contributed by atoms with van der Waals surface area (Å²) in [4.78, 5) is 21.4. The van der Waals surface area contributed by atoms with Crippen LogP contribution in [0.2, 0.25) is 0 Å². The van der Waals surface area contributed by atoms with Gasteiger partial charge in [-0.2, -0.15) is 0 Å². The zero-order valence-electron chi connectivity index (χ0n) is 15.1. The predicted molar refractivity (Wildman–Crippen MR) is 103 cm³/mol. The van der Waals surface area contributed by atoms with Crippen LogP contribution in [0.3, 0.4) is 0 Å². The van der Waals surface area contributed by atoms with E-state index in [2.05, 4.69) is 10.1 Å². The third-order valence-corrected chi connectivity index (χ3v) is 4.64. The Kier molecular flexibility index (Phi) is 4.61. The fraction of sp³-hybridized carbons (Fsp3) is 0.136. The van der Waals surface area contributed by atoms with E-state index in [1.165, 1.54) is 18.2 Å². The van der Waals surface area contributed by atoms with E-state index in [0.29, 0.717) is 28.8 Å². The number of benzene rings is 2. The van der Waals surface area contributed by atoms with Crippen molar-refractivity contribution in [3.05, 3.63) is 89.0 Å². The number of carbonyl (C=O) groups is 1. The molecule has 0 amide bonds. The second kappa shape index (κ2) is 7.23. The van der Waals surface area contributed by atoms with Gasteiger partial charge in [-0.25, -0.2) is 9.18 Å². The number of hydrogen-bond acceptors (Lipinski definition) is 4. The maximum absolute atomic E-state index is 14.5. The summed E-state index contributed by atoms with van der Waals surface area (Å²) in [5, 5.41) is 13.6. The molecule has 2 aromatic carbocycles. The monoisotopic (exact) mass is 376 g/mol. The molecule has 1 atom stereocenters. The van der Waals surface area contributed by atoms with Crippen molar-refractivity contribution in [2.24, 2.45) is 5.16 Å². The molecule has 1 aromatic heterocycles. The smallest absolute Gasteiger partial charge is 0.335 e. The summed E-state index contributed by atoms with van der Waals surface area (Å²) in [7, 11) is 0. The molecular formula is C22H17FN2O3. The maximum atomic E-state index is 14.5. The van der Waals surface area contributed by atoms with Gasteiger partial charge in [-0.3, -0.25) is 4.98 Å². The molecule has 0 aliphatic carbocycles. The van der Waals surface area contributed by atoms with E-state index in [4.69, 9.17) is 4.84 Å². The maximum Gasteiger partial charge on any atom is 0.335 e. The molecule has 1 N–H and O–H groups in total. The van der Waals surface area contributed by atoms with Gasteiger partial charge < -0.3 is 9.94 Å². The molecule has 0 fully saturated rings. The highest BCUT2D eigenvalue weighted by Gasteiger charge is 2.26. The van der Waals surface area contributed by atoms with Crippen LogP contribution in [0.1, 0.15) is 39.7 Å². The van der Waals surface area contributed by atoms with Gasteiger partial charge in [0.1, 0.15) is 5.82 Å². The Morgan fingerprint density at radius 2 is 1.96 bits per heavy atom. The minimum atomic E-state index is -1.09. The van der Waals surface area contributed by atoms with Gasteiger partial charge in [0.05, 0.1) is 17.0 Å². The lowest BCUT2D eigenvalue weighted by atomic mass is 9.95. The third-order valence-electron chi connectivity index (χ3n) is 4.64. The van der Waals surface area contributed by atoms with Crippen molar-refractivity contribution in [2.75, 3.05) is 0 Å². The van der Waals surface area contributed by atoms with Crippen LogP contribution in [0.25, 0.3) is 11.1 Å². The molecule has 0 bridgehead atoms. The molecule has 0 unspecified atom stereocenters. The Morgan fingerprint density at radius 1 is 1.14 bits per heavy atom. The van der Waals surface area contributed by atoms with Crippen LogP contribution < -0.4 is 0 Å². The molecule has 0 radical (unpaired) electrons. The van der Waals surface area contributed by atoms with E-state index in [9.17, 15) is 14.3 Å². The number of aromatic carboxylic acids is 1. The summed E-state index contributed by atoms with van der Waals surface area (Å²) < 4.78 is 14.5. The Balaban J connectivity index is 1.71. The van der Waals surface area contributed by atoms with Crippen LogP contribution in [0.15, 0.2) is 65.9 Å². The average Bonchev–Trinajstić information content (AvgIpc) is 3.18. The summed E-state index contributed by atoms with van der Waals surface area (Å²) in [6.45, 7) is 1.80. The molecule has 140 valence electrons. The van der Waals surface area contributed by atoms with Crippen molar-refractivity contribution in [1.29, 1.82) is 0 Å². The van der Waals surface area contributed by atoms with Crippen molar-refractivity contribution in [3.8, 4) is 11.1 Å². The minimum absolute atomic E-state index is 0.0662. The molecular weight excluding hydrogens is 359 g/mol. The quantitative estimate of drug-likeness (QED) is 0.713. The van der Waals surface area contributed by atoms with Crippen LogP contribution >= 0.6 is 0 Å². The molecule has 0 spiro atoms. The SMILES string of the molecule is Cc1ccc(-c2cc(C(=O)O)cc(C3=NO[C@H](c4ccccn4)C3)c2)c(F)c1. The average molecular weight is 376 g/mol. The summed E-state index contributed by atoms with van der Waals surface area (Å²) in [6, 6.07) is 15.1. The van der Waals surface area contributed by atoms with Gasteiger partial charge >= 0.3 is 5.97 Å². The van der Waals surface area contributed by atoms with E-state index < -0.39 is 11.8 Å². The largest absolute Gasteiger partial charge is 0.478 e. The first-order chi connectivity index (χ1) is 13.5. The third kappa shape index (κ3) is 3.49. The molecule has 28 heavy (non-hydrogen) atoms. The highest BCUT2D eigenvalue weighted by molar-refractivity contribution is 6.04. The number of pyridine rings is 1. The van der Waals surface area contributed by atoms with Crippen molar-refractivity contribution >= 4 is 11.7 Å². The van der Waals surface area contributed by atoms with Crippen molar-refractivity contribution in [1.82, 2.24) is 4.98 Å². The van der Waals surface area contributed by atoms with Gasteiger partial charge in [0, 0.05) is 23.7 Å². The van der Waals surface area contributed by atoms with Crippen LogP contribution in [0.5, 0.6) is 0 Å². The van der Waals surface area contributed by atoms with Crippen molar-refractivity contribution in [2.45, 2.75) is 19.4 Å². The molecule has 1 aliphatic rings. The lowest BCUT2D eigenvalue weighted by Crippen LogP contribution is -2.06. The van der Waals surface area contributed by atoms with E-state index >= 15 is 0 Å². The zero-order chi connectivity index (χ0) is 19.7. The number of carboxylic acids is 1. The van der Waals surface area contributed by atoms with Crippen molar-refractivity contribution < 1.29 is 19.1 Å². The molecule has 0 saturated heterocycles. The normalized spacial score (nSPS) is 15.8. The van der Waals surface area contributed by atoms with E-state index in [-0.39, 0.29) is 11.7 Å². The van der Waals surface area contributed by atoms with E-state index in [1.54, 1.807) is 31.3 Å². The number of aromatic nitrogens is 1. The Morgan fingerprint density at radius 3 is 2.68 bits per heavy atom. The number of hydrogen-bond donors (Lipinski definition) is 1. The first-order valence-corrected chi connectivity index (χ1v) is 8.80. The summed E-state index contributed by atoms with van der Waals surface area (Å²) in [5.41, 5.74) is 3.63. The van der Waals surface area contributed by atoms with Crippen LogP contribution in [0.4, 0.5) is 4.39 Å². The van der Waals surface area contributed by atoms with E-state index in [1.807, 2.05) is 18.2 Å². The molecule has 3 aromatic rings. The fourth-order valence-electron chi connectivity index (χ4n) is 3.20. The predicted octanol–water partition coefficient (Wildman–Crippen LogP) is 4.76. The fourth-order valence-corrected chi connectivity index (χ4v) is 3.20. The van der Waals surface area contributed by atoms with Gasteiger partial charge in [-0.05, 0) is 54.4 Å². The number of nitrogens with zero attached hydrogens (tertiary/aromatic N) is 2. The number of carboxylic acid groups (broad SMARTS) is 1. The summed E-state index contributed by atoms with van der Waals surface area (Å²) in [6.07, 6.45) is 1.81. The lowest BCUT2D eigenvalue weighted by Gasteiger charge is -2.10. The molecule has 2 heterocycles. The molecule has 0 saturated carbocycles. The minimum Gasteiger partial charge on any atom is -0.478 e. The highest BCUT2D eigenvalue weighted by atomic mass is 19.1. The molecule has 5 nitrogen and oxygen atoms in total. The molecule has 6 heteroatoms. The second-order valence-corrected chi connectivity index (χ2v) is 6.68.